The van der Waals surface area contributed by atoms with E-state index in [2.05, 4.69) is 0 Å². The minimum Gasteiger partial charge on any atom is -0.493 e. The molecule has 0 aliphatic carbocycles. The van der Waals surface area contributed by atoms with Crippen LogP contribution in [0.5, 0.6) is 11.5 Å². The normalized spacial score (nSPS) is 13.2. The van der Waals surface area contributed by atoms with Crippen LogP contribution in [0.25, 0.3) is 10.9 Å². The fourth-order valence-corrected chi connectivity index (χ4v) is 2.41. The number of carbonyl (C=O) groups is 1. The Bertz CT molecular complexity index is 736. The Balaban J connectivity index is 2.74. The third kappa shape index (κ3) is 3.26. The number of hydrogen-bond acceptors (Lipinski definition) is 4. The number of alkyl halides is 3. The Hall–Kier alpha value is -2.22. The van der Waals surface area contributed by atoms with Gasteiger partial charge in [0.15, 0.2) is 11.5 Å². The van der Waals surface area contributed by atoms with Crippen LogP contribution in [-0.2, 0) is 6.54 Å². The second-order valence-electron chi connectivity index (χ2n) is 5.22. The second-order valence-corrected chi connectivity index (χ2v) is 5.22. The van der Waals surface area contributed by atoms with Crippen molar-refractivity contribution in [3.8, 4) is 11.5 Å². The lowest BCUT2D eigenvalue weighted by Gasteiger charge is -2.11. The molecule has 1 heterocycles. The first kappa shape index (κ1) is 17.1. The van der Waals surface area contributed by atoms with Crippen molar-refractivity contribution in [3.63, 3.8) is 0 Å². The number of fused-ring (bicyclic) bond motifs is 1. The van der Waals surface area contributed by atoms with Gasteiger partial charge in [-0.1, -0.05) is 0 Å². The first-order valence-corrected chi connectivity index (χ1v) is 6.81. The maximum atomic E-state index is 12.8. The van der Waals surface area contributed by atoms with E-state index in [1.54, 1.807) is 6.92 Å². The molecule has 0 aliphatic rings. The maximum absolute atomic E-state index is 12.8. The van der Waals surface area contributed by atoms with E-state index in [9.17, 15) is 18.0 Å². The van der Waals surface area contributed by atoms with E-state index >= 15 is 0 Å². The molecule has 2 rings (SSSR count). The molecule has 8 heteroatoms. The average molecular weight is 330 g/mol. The van der Waals surface area contributed by atoms with Gasteiger partial charge in [0.05, 0.1) is 25.3 Å². The lowest BCUT2D eigenvalue weighted by molar-refractivity contribution is -0.0884. The summed E-state index contributed by atoms with van der Waals surface area (Å²) in [6.07, 6.45) is -3.79. The van der Waals surface area contributed by atoms with Crippen molar-refractivity contribution in [2.24, 2.45) is 5.73 Å². The van der Waals surface area contributed by atoms with Crippen molar-refractivity contribution in [1.82, 2.24) is 4.57 Å². The fraction of sp³-hybridized carbons (Fsp3) is 0.400. The molecule has 1 atom stereocenters. The standard InChI is InChI=1S/C15H17F3N2O3/c1-8(19)6-20-7-10(14(21)15(16,17)18)9-4-12(22-2)13(23-3)5-11(9)20/h4-5,7-8H,6,19H2,1-3H3. The van der Waals surface area contributed by atoms with Gasteiger partial charge in [0, 0.05) is 30.2 Å². The van der Waals surface area contributed by atoms with Gasteiger partial charge in [0.2, 0.25) is 0 Å². The highest BCUT2D eigenvalue weighted by Crippen LogP contribution is 2.36. The number of methoxy groups -OCH3 is 2. The van der Waals surface area contributed by atoms with Crippen molar-refractivity contribution in [1.29, 1.82) is 0 Å². The highest BCUT2D eigenvalue weighted by atomic mass is 19.4. The van der Waals surface area contributed by atoms with E-state index in [1.165, 1.54) is 37.1 Å². The Morgan fingerprint density at radius 2 is 1.83 bits per heavy atom. The van der Waals surface area contributed by atoms with Crippen LogP contribution < -0.4 is 15.2 Å². The number of nitrogens with zero attached hydrogens (tertiary/aromatic N) is 1. The third-order valence-electron chi connectivity index (χ3n) is 3.37. The number of halogens is 3. The summed E-state index contributed by atoms with van der Waals surface area (Å²) in [5.74, 6) is -1.30. The molecular formula is C15H17F3N2O3. The molecule has 0 amide bonds. The van der Waals surface area contributed by atoms with E-state index in [1.807, 2.05) is 0 Å². The number of benzene rings is 1. The van der Waals surface area contributed by atoms with E-state index in [0.29, 0.717) is 11.3 Å². The Kier molecular flexibility index (Phi) is 4.56. The lowest BCUT2D eigenvalue weighted by atomic mass is 10.1. The average Bonchev–Trinajstić information content (AvgIpc) is 2.80. The molecule has 1 unspecified atom stereocenters. The number of nitrogens with two attached hydrogens (primary N) is 1. The van der Waals surface area contributed by atoms with Crippen LogP contribution in [0.4, 0.5) is 13.2 Å². The van der Waals surface area contributed by atoms with Crippen LogP contribution in [0.3, 0.4) is 0 Å². The molecule has 5 nitrogen and oxygen atoms in total. The molecule has 1 aromatic heterocycles. The highest BCUT2D eigenvalue weighted by Gasteiger charge is 2.41. The number of hydrogen-bond donors (Lipinski definition) is 1. The van der Waals surface area contributed by atoms with E-state index in [-0.39, 0.29) is 23.7 Å². The minimum absolute atomic E-state index is 0.144. The molecule has 0 radical (unpaired) electrons. The van der Waals surface area contributed by atoms with Crippen molar-refractivity contribution >= 4 is 16.7 Å². The number of ether oxygens (including phenoxy) is 2. The van der Waals surface area contributed by atoms with Crippen LogP contribution in [0.1, 0.15) is 17.3 Å². The molecule has 0 spiro atoms. The molecule has 1 aromatic carbocycles. The van der Waals surface area contributed by atoms with Crippen LogP contribution in [0, 0.1) is 0 Å². The molecule has 126 valence electrons. The maximum Gasteiger partial charge on any atom is 0.454 e. The zero-order chi connectivity index (χ0) is 17.4. The van der Waals surface area contributed by atoms with Gasteiger partial charge < -0.3 is 19.8 Å². The zero-order valence-electron chi connectivity index (χ0n) is 12.9. The van der Waals surface area contributed by atoms with Crippen LogP contribution in [0.15, 0.2) is 18.3 Å². The van der Waals surface area contributed by atoms with Crippen LogP contribution in [0.2, 0.25) is 0 Å². The lowest BCUT2D eigenvalue weighted by Crippen LogP contribution is -2.23. The number of rotatable bonds is 5. The summed E-state index contributed by atoms with van der Waals surface area (Å²) in [6.45, 7) is 1.98. The van der Waals surface area contributed by atoms with Crippen molar-refractivity contribution in [2.45, 2.75) is 25.7 Å². The van der Waals surface area contributed by atoms with Gasteiger partial charge in [-0.3, -0.25) is 4.79 Å². The molecule has 0 saturated heterocycles. The summed E-state index contributed by atoms with van der Waals surface area (Å²) >= 11 is 0. The fourth-order valence-electron chi connectivity index (χ4n) is 2.41. The summed E-state index contributed by atoms with van der Waals surface area (Å²) in [6, 6.07) is 2.60. The van der Waals surface area contributed by atoms with E-state index in [0.717, 1.165) is 0 Å². The van der Waals surface area contributed by atoms with Gasteiger partial charge in [-0.05, 0) is 13.0 Å². The SMILES string of the molecule is COc1cc2c(C(=O)C(F)(F)F)cn(CC(C)N)c2cc1OC. The molecule has 0 bridgehead atoms. The quantitative estimate of drug-likeness (QED) is 0.856. The second kappa shape index (κ2) is 6.11. The Morgan fingerprint density at radius 3 is 2.30 bits per heavy atom. The summed E-state index contributed by atoms with van der Waals surface area (Å²) < 4.78 is 50.3. The van der Waals surface area contributed by atoms with Gasteiger partial charge in [-0.2, -0.15) is 13.2 Å². The molecule has 0 fully saturated rings. The largest absolute Gasteiger partial charge is 0.493 e. The van der Waals surface area contributed by atoms with Gasteiger partial charge >= 0.3 is 6.18 Å². The van der Waals surface area contributed by atoms with E-state index < -0.39 is 17.5 Å². The topological polar surface area (TPSA) is 66.5 Å². The molecule has 0 aliphatic heterocycles. The first-order chi connectivity index (χ1) is 10.7. The van der Waals surface area contributed by atoms with Crippen LogP contribution >= 0.6 is 0 Å². The van der Waals surface area contributed by atoms with Crippen molar-refractivity contribution in [2.75, 3.05) is 14.2 Å². The monoisotopic (exact) mass is 330 g/mol. The number of carbonyl (C=O) groups excluding carboxylic acids is 1. The Morgan fingerprint density at radius 1 is 1.26 bits per heavy atom. The minimum atomic E-state index is -4.96. The first-order valence-electron chi connectivity index (χ1n) is 6.81. The van der Waals surface area contributed by atoms with Gasteiger partial charge in [0.25, 0.3) is 5.78 Å². The van der Waals surface area contributed by atoms with Gasteiger partial charge in [-0.15, -0.1) is 0 Å². The molecular weight excluding hydrogens is 313 g/mol. The highest BCUT2D eigenvalue weighted by molar-refractivity contribution is 6.11. The van der Waals surface area contributed by atoms with E-state index in [4.69, 9.17) is 15.2 Å². The summed E-state index contributed by atoms with van der Waals surface area (Å²) in [5.41, 5.74) is 5.72. The molecule has 2 N–H and O–H groups in total. The predicted molar refractivity (Wildman–Crippen MR) is 79.1 cm³/mol. The Labute approximate surface area is 130 Å². The third-order valence-corrected chi connectivity index (χ3v) is 3.37. The van der Waals surface area contributed by atoms with Crippen LogP contribution in [-0.4, -0.2) is 36.8 Å². The summed E-state index contributed by atoms with van der Waals surface area (Å²) in [4.78, 5) is 11.7. The van der Waals surface area contributed by atoms with Gasteiger partial charge in [-0.25, -0.2) is 0 Å². The molecule has 2 aromatic rings. The number of ketones is 1. The predicted octanol–water partition coefficient (Wildman–Crippen LogP) is 2.75. The molecule has 0 saturated carbocycles. The number of Topliss-reactive ketones (excluding diaryl/α,β-unsaturated/α-hetero) is 1. The number of aromatic nitrogens is 1. The summed E-state index contributed by atoms with van der Waals surface area (Å²) in [7, 11) is 2.79. The smallest absolute Gasteiger partial charge is 0.454 e. The zero-order valence-corrected chi connectivity index (χ0v) is 12.9. The van der Waals surface area contributed by atoms with Crippen molar-refractivity contribution < 1.29 is 27.4 Å². The summed E-state index contributed by atoms with van der Waals surface area (Å²) in [5, 5.41) is 0.144. The van der Waals surface area contributed by atoms with Crippen molar-refractivity contribution in [3.05, 3.63) is 23.9 Å². The molecule has 23 heavy (non-hydrogen) atoms. The van der Waals surface area contributed by atoms with Gasteiger partial charge in [0.1, 0.15) is 0 Å².